The summed E-state index contributed by atoms with van der Waals surface area (Å²) < 4.78 is 10.3. The van der Waals surface area contributed by atoms with Crippen molar-refractivity contribution < 1.29 is 4.74 Å². The van der Waals surface area contributed by atoms with Gasteiger partial charge in [0, 0.05) is 36.4 Å². The van der Waals surface area contributed by atoms with Gasteiger partial charge in [0.1, 0.15) is 11.9 Å². The van der Waals surface area contributed by atoms with Crippen LogP contribution in [0.15, 0.2) is 12.4 Å². The molecule has 2 aromatic heterocycles. The molecule has 7 heteroatoms. The van der Waals surface area contributed by atoms with Crippen LogP contribution in [0, 0.1) is 6.92 Å². The van der Waals surface area contributed by atoms with Gasteiger partial charge in [0.2, 0.25) is 5.13 Å². The summed E-state index contributed by atoms with van der Waals surface area (Å²) in [6, 6.07) is 0.456. The number of hydrogen-bond donors (Lipinski definition) is 0. The Kier molecular flexibility index (Phi) is 4.52. The quantitative estimate of drug-likeness (QED) is 0.863. The molecule has 6 nitrogen and oxygen atoms in total. The number of hydrogen-bond acceptors (Lipinski definition) is 7. The van der Waals surface area contributed by atoms with Crippen molar-refractivity contribution in [2.45, 2.75) is 45.6 Å². The Bertz CT molecular complexity index is 613. The molecule has 2 aromatic rings. The lowest BCUT2D eigenvalue weighted by Crippen LogP contribution is -2.41. The fourth-order valence-electron chi connectivity index (χ4n) is 2.39. The van der Waals surface area contributed by atoms with Crippen LogP contribution < -0.4 is 9.64 Å². The monoisotopic (exact) mass is 319 g/mol. The maximum absolute atomic E-state index is 5.91. The summed E-state index contributed by atoms with van der Waals surface area (Å²) >= 11 is 1.47. The summed E-state index contributed by atoms with van der Waals surface area (Å²) in [5.41, 5.74) is 1.03. The van der Waals surface area contributed by atoms with Crippen LogP contribution in [-0.4, -0.2) is 38.5 Å². The third-order valence-corrected chi connectivity index (χ3v) is 4.42. The first-order valence-corrected chi connectivity index (χ1v) is 8.43. The van der Waals surface area contributed by atoms with Crippen LogP contribution >= 0.6 is 11.5 Å². The molecule has 1 aliphatic rings. The lowest BCUT2D eigenvalue weighted by atomic mass is 10.1. The van der Waals surface area contributed by atoms with Gasteiger partial charge >= 0.3 is 6.01 Å². The van der Waals surface area contributed by atoms with Crippen molar-refractivity contribution in [1.29, 1.82) is 0 Å². The van der Waals surface area contributed by atoms with Crippen LogP contribution in [-0.2, 0) is 0 Å². The number of anilines is 1. The first kappa shape index (κ1) is 15.1. The molecular weight excluding hydrogens is 298 g/mol. The zero-order chi connectivity index (χ0) is 15.5. The van der Waals surface area contributed by atoms with E-state index in [0.29, 0.717) is 11.9 Å². The molecular formula is C15H21N5OS. The highest BCUT2D eigenvalue weighted by molar-refractivity contribution is 7.09. The zero-order valence-electron chi connectivity index (χ0n) is 13.2. The van der Waals surface area contributed by atoms with Gasteiger partial charge in [0.05, 0.1) is 6.54 Å². The minimum Gasteiger partial charge on any atom is -0.458 e. The van der Waals surface area contributed by atoms with Crippen molar-refractivity contribution in [2.24, 2.45) is 0 Å². The van der Waals surface area contributed by atoms with Crippen LogP contribution in [0.5, 0.6) is 6.01 Å². The second-order valence-corrected chi connectivity index (χ2v) is 6.69. The van der Waals surface area contributed by atoms with E-state index in [9.17, 15) is 0 Å². The maximum Gasteiger partial charge on any atom is 0.316 e. The van der Waals surface area contributed by atoms with Crippen LogP contribution in [0.2, 0.25) is 0 Å². The van der Waals surface area contributed by atoms with Crippen LogP contribution in [0.25, 0.3) is 0 Å². The van der Waals surface area contributed by atoms with E-state index in [4.69, 9.17) is 4.74 Å². The Balaban J connectivity index is 1.64. The molecule has 1 saturated heterocycles. The highest BCUT2D eigenvalue weighted by atomic mass is 32.1. The molecule has 22 heavy (non-hydrogen) atoms. The van der Waals surface area contributed by atoms with Crippen molar-refractivity contribution in [3.63, 3.8) is 0 Å². The molecule has 0 aliphatic carbocycles. The van der Waals surface area contributed by atoms with Gasteiger partial charge in [0.15, 0.2) is 0 Å². The molecule has 3 heterocycles. The van der Waals surface area contributed by atoms with Crippen LogP contribution in [0.1, 0.15) is 44.0 Å². The molecule has 0 saturated carbocycles. The van der Waals surface area contributed by atoms with Gasteiger partial charge < -0.3 is 9.64 Å². The first-order chi connectivity index (χ1) is 10.6. The molecule has 0 bridgehead atoms. The van der Waals surface area contributed by atoms with E-state index in [1.807, 2.05) is 6.92 Å². The Labute approximate surface area is 134 Å². The largest absolute Gasteiger partial charge is 0.458 e. The van der Waals surface area contributed by atoms with Crippen LogP contribution in [0.4, 0.5) is 5.13 Å². The zero-order valence-corrected chi connectivity index (χ0v) is 14.0. The molecule has 1 atom stereocenters. The highest BCUT2D eigenvalue weighted by Crippen LogP contribution is 2.25. The van der Waals surface area contributed by atoms with E-state index >= 15 is 0 Å². The number of nitrogens with zero attached hydrogens (tertiary/aromatic N) is 5. The number of aromatic nitrogens is 4. The van der Waals surface area contributed by atoms with Gasteiger partial charge in [-0.2, -0.15) is 4.37 Å². The van der Waals surface area contributed by atoms with Crippen molar-refractivity contribution in [3.05, 3.63) is 23.8 Å². The Hall–Kier alpha value is -1.76. The number of piperidine rings is 1. The maximum atomic E-state index is 5.91. The molecule has 0 spiro atoms. The molecule has 1 fully saturated rings. The van der Waals surface area contributed by atoms with Crippen molar-refractivity contribution >= 4 is 16.7 Å². The second kappa shape index (κ2) is 6.56. The summed E-state index contributed by atoms with van der Waals surface area (Å²) in [6.07, 6.45) is 5.75. The molecule has 0 radical (unpaired) electrons. The third-order valence-electron chi connectivity index (χ3n) is 3.63. The summed E-state index contributed by atoms with van der Waals surface area (Å²) in [6.45, 7) is 8.00. The molecule has 0 N–H and O–H groups in total. The van der Waals surface area contributed by atoms with Gasteiger partial charge in [0.25, 0.3) is 0 Å². The minimum absolute atomic E-state index is 0.0999. The third kappa shape index (κ3) is 3.52. The van der Waals surface area contributed by atoms with E-state index in [0.717, 1.165) is 42.5 Å². The smallest absolute Gasteiger partial charge is 0.316 e. The van der Waals surface area contributed by atoms with Crippen molar-refractivity contribution in [2.75, 3.05) is 18.0 Å². The average Bonchev–Trinajstić information content (AvgIpc) is 3.00. The number of rotatable bonds is 4. The van der Waals surface area contributed by atoms with Crippen molar-refractivity contribution in [1.82, 2.24) is 19.3 Å². The Morgan fingerprint density at radius 1 is 1.32 bits per heavy atom. The van der Waals surface area contributed by atoms with E-state index in [1.165, 1.54) is 11.5 Å². The fraction of sp³-hybridized carbons (Fsp3) is 0.600. The van der Waals surface area contributed by atoms with Gasteiger partial charge in [-0.05, 0) is 25.3 Å². The van der Waals surface area contributed by atoms with Gasteiger partial charge in [-0.15, -0.1) is 0 Å². The fourth-order valence-corrected chi connectivity index (χ4v) is 3.23. The first-order valence-electron chi connectivity index (χ1n) is 7.65. The summed E-state index contributed by atoms with van der Waals surface area (Å²) in [5.74, 6) is 1.28. The van der Waals surface area contributed by atoms with Gasteiger partial charge in [-0.3, -0.25) is 0 Å². The summed E-state index contributed by atoms with van der Waals surface area (Å²) in [7, 11) is 0. The normalized spacial score (nSPS) is 18.7. The Morgan fingerprint density at radius 2 is 2.09 bits per heavy atom. The topological polar surface area (TPSA) is 64.0 Å². The SMILES string of the molecule is Cc1cnc(OC2CCCN(c3nc(C(C)C)ns3)C2)nc1. The molecule has 1 aliphatic heterocycles. The molecule has 0 aromatic carbocycles. The second-order valence-electron chi connectivity index (χ2n) is 5.96. The van der Waals surface area contributed by atoms with Crippen LogP contribution in [0.3, 0.4) is 0 Å². The van der Waals surface area contributed by atoms with E-state index in [2.05, 4.69) is 38.1 Å². The predicted octanol–water partition coefficient (Wildman–Crippen LogP) is 2.81. The van der Waals surface area contributed by atoms with E-state index in [-0.39, 0.29) is 6.10 Å². The lowest BCUT2D eigenvalue weighted by molar-refractivity contribution is 0.164. The molecule has 0 amide bonds. The number of ether oxygens (including phenoxy) is 1. The molecule has 118 valence electrons. The minimum atomic E-state index is 0.0999. The van der Waals surface area contributed by atoms with Gasteiger partial charge in [-0.1, -0.05) is 13.8 Å². The van der Waals surface area contributed by atoms with E-state index < -0.39 is 0 Å². The molecule has 1 unspecified atom stereocenters. The predicted molar refractivity (Wildman–Crippen MR) is 86.6 cm³/mol. The van der Waals surface area contributed by atoms with Crippen molar-refractivity contribution in [3.8, 4) is 6.01 Å². The summed E-state index contributed by atoms with van der Waals surface area (Å²) in [4.78, 5) is 15.3. The molecule has 3 rings (SSSR count). The summed E-state index contributed by atoms with van der Waals surface area (Å²) in [5, 5.41) is 0.988. The Morgan fingerprint density at radius 3 is 2.77 bits per heavy atom. The number of aryl methyl sites for hydroxylation is 1. The standard InChI is InChI=1S/C15H21N5OS/c1-10(2)13-18-15(22-19-13)20-6-4-5-12(9-20)21-14-16-7-11(3)8-17-14/h7-8,10,12H,4-6,9H2,1-3H3. The lowest BCUT2D eigenvalue weighted by Gasteiger charge is -2.31. The van der Waals surface area contributed by atoms with E-state index in [1.54, 1.807) is 12.4 Å². The van der Waals surface area contributed by atoms with Gasteiger partial charge in [-0.25, -0.2) is 15.0 Å². The highest BCUT2D eigenvalue weighted by Gasteiger charge is 2.24. The average molecular weight is 319 g/mol.